The quantitative estimate of drug-likeness (QED) is 0.642. The van der Waals surface area contributed by atoms with Crippen molar-refractivity contribution in [2.24, 2.45) is 0 Å². The lowest BCUT2D eigenvalue weighted by Gasteiger charge is -2.07. The zero-order chi connectivity index (χ0) is 14.5. The van der Waals surface area contributed by atoms with Crippen molar-refractivity contribution >= 4 is 33.2 Å². The molecule has 0 fully saturated rings. The molecule has 1 N–H and O–H groups in total. The summed E-state index contributed by atoms with van der Waals surface area (Å²) >= 11 is 9.40. The summed E-state index contributed by atoms with van der Waals surface area (Å²) in [6.45, 7) is 1.18. The van der Waals surface area contributed by atoms with Crippen molar-refractivity contribution in [3.63, 3.8) is 0 Å². The molecule has 0 unspecified atom stereocenters. The van der Waals surface area contributed by atoms with Crippen molar-refractivity contribution in [3.05, 3.63) is 73.2 Å². The normalized spacial score (nSPS) is 10.5. The van der Waals surface area contributed by atoms with E-state index in [-0.39, 0.29) is 5.69 Å². The SMILES string of the molecule is O=[N+]([O-])c1cccc(CNCc2cc(Cl)ccc2Br)c1. The van der Waals surface area contributed by atoms with Crippen LogP contribution in [-0.4, -0.2) is 4.92 Å². The number of hydrogen-bond donors (Lipinski definition) is 1. The molecule has 0 bridgehead atoms. The Kier molecular flexibility index (Phi) is 5.11. The minimum Gasteiger partial charge on any atom is -0.309 e. The van der Waals surface area contributed by atoms with Crippen LogP contribution in [0.15, 0.2) is 46.9 Å². The predicted octanol–water partition coefficient (Wildman–Crippen LogP) is 4.30. The van der Waals surface area contributed by atoms with Crippen LogP contribution >= 0.6 is 27.5 Å². The van der Waals surface area contributed by atoms with Crippen molar-refractivity contribution in [1.82, 2.24) is 5.32 Å². The molecule has 2 rings (SSSR count). The summed E-state index contributed by atoms with van der Waals surface area (Å²) in [5.41, 5.74) is 2.02. The van der Waals surface area contributed by atoms with Crippen LogP contribution in [0, 0.1) is 10.1 Å². The molecular weight excluding hydrogens is 344 g/mol. The minimum absolute atomic E-state index is 0.105. The molecule has 6 heteroatoms. The van der Waals surface area contributed by atoms with Crippen LogP contribution in [0.1, 0.15) is 11.1 Å². The Bertz CT molecular complexity index is 634. The Labute approximate surface area is 130 Å². The van der Waals surface area contributed by atoms with Gasteiger partial charge in [-0.25, -0.2) is 0 Å². The lowest BCUT2D eigenvalue weighted by atomic mass is 10.2. The summed E-state index contributed by atoms with van der Waals surface area (Å²) in [6.07, 6.45) is 0. The molecule has 4 nitrogen and oxygen atoms in total. The fourth-order valence-electron chi connectivity index (χ4n) is 1.80. The van der Waals surface area contributed by atoms with Gasteiger partial charge in [-0.15, -0.1) is 0 Å². The molecule has 0 heterocycles. The van der Waals surface area contributed by atoms with E-state index in [1.54, 1.807) is 12.1 Å². The van der Waals surface area contributed by atoms with Crippen molar-refractivity contribution in [2.45, 2.75) is 13.1 Å². The zero-order valence-electron chi connectivity index (χ0n) is 10.5. The van der Waals surface area contributed by atoms with Gasteiger partial charge in [0.05, 0.1) is 4.92 Å². The van der Waals surface area contributed by atoms with Crippen molar-refractivity contribution in [1.29, 1.82) is 0 Å². The van der Waals surface area contributed by atoms with E-state index in [1.165, 1.54) is 6.07 Å². The maximum absolute atomic E-state index is 10.7. The number of hydrogen-bond acceptors (Lipinski definition) is 3. The molecule has 0 radical (unpaired) electrons. The average Bonchev–Trinajstić information content (AvgIpc) is 2.43. The van der Waals surface area contributed by atoms with Crippen LogP contribution in [0.2, 0.25) is 5.02 Å². The van der Waals surface area contributed by atoms with E-state index in [1.807, 2.05) is 24.3 Å². The van der Waals surface area contributed by atoms with E-state index in [0.717, 1.165) is 15.6 Å². The molecule has 2 aromatic carbocycles. The number of nitrogens with one attached hydrogen (secondary N) is 1. The largest absolute Gasteiger partial charge is 0.309 e. The van der Waals surface area contributed by atoms with Gasteiger partial charge < -0.3 is 5.32 Å². The second-order valence-corrected chi connectivity index (χ2v) is 5.56. The number of benzene rings is 2. The molecular formula is C14H12BrClN2O2. The van der Waals surface area contributed by atoms with E-state index >= 15 is 0 Å². The third-order valence-corrected chi connectivity index (χ3v) is 3.78. The van der Waals surface area contributed by atoms with Gasteiger partial charge in [0, 0.05) is 34.7 Å². The van der Waals surface area contributed by atoms with E-state index in [4.69, 9.17) is 11.6 Å². The number of non-ortho nitro benzene ring substituents is 1. The van der Waals surface area contributed by atoms with Crippen LogP contribution in [0.4, 0.5) is 5.69 Å². The van der Waals surface area contributed by atoms with E-state index in [0.29, 0.717) is 18.1 Å². The van der Waals surface area contributed by atoms with Crippen LogP contribution in [0.25, 0.3) is 0 Å². The molecule has 20 heavy (non-hydrogen) atoms. The average molecular weight is 356 g/mol. The topological polar surface area (TPSA) is 55.2 Å². The minimum atomic E-state index is -0.392. The number of halogens is 2. The number of nitro groups is 1. The molecule has 0 atom stereocenters. The van der Waals surface area contributed by atoms with E-state index < -0.39 is 4.92 Å². The fraction of sp³-hybridized carbons (Fsp3) is 0.143. The highest BCUT2D eigenvalue weighted by atomic mass is 79.9. The maximum atomic E-state index is 10.7. The van der Waals surface area contributed by atoms with Gasteiger partial charge in [-0.1, -0.05) is 39.7 Å². The molecule has 0 saturated carbocycles. The molecule has 2 aromatic rings. The molecule has 0 saturated heterocycles. The number of nitrogens with zero attached hydrogens (tertiary/aromatic N) is 1. The first-order chi connectivity index (χ1) is 9.56. The molecule has 0 aliphatic rings. The van der Waals surface area contributed by atoms with Crippen LogP contribution in [0.3, 0.4) is 0 Å². The van der Waals surface area contributed by atoms with Gasteiger partial charge in [-0.3, -0.25) is 10.1 Å². The molecule has 0 spiro atoms. The number of rotatable bonds is 5. The Morgan fingerprint density at radius 3 is 2.75 bits per heavy atom. The van der Waals surface area contributed by atoms with Crippen molar-refractivity contribution in [3.8, 4) is 0 Å². The second kappa shape index (κ2) is 6.83. The summed E-state index contributed by atoms with van der Waals surface area (Å²) in [6, 6.07) is 12.2. The third kappa shape index (κ3) is 4.03. The molecule has 0 amide bonds. The van der Waals surface area contributed by atoms with E-state index in [2.05, 4.69) is 21.2 Å². The highest BCUT2D eigenvalue weighted by Gasteiger charge is 2.06. The Balaban J connectivity index is 1.97. The van der Waals surface area contributed by atoms with Crippen molar-refractivity contribution in [2.75, 3.05) is 0 Å². The maximum Gasteiger partial charge on any atom is 0.269 e. The van der Waals surface area contributed by atoms with Crippen LogP contribution in [0.5, 0.6) is 0 Å². The zero-order valence-corrected chi connectivity index (χ0v) is 12.8. The monoisotopic (exact) mass is 354 g/mol. The summed E-state index contributed by atoms with van der Waals surface area (Å²) in [5, 5.41) is 14.6. The highest BCUT2D eigenvalue weighted by Crippen LogP contribution is 2.21. The Hall–Kier alpha value is -1.43. The van der Waals surface area contributed by atoms with Crippen LogP contribution in [-0.2, 0) is 13.1 Å². The predicted molar refractivity (Wildman–Crippen MR) is 82.8 cm³/mol. The summed E-state index contributed by atoms with van der Waals surface area (Å²) in [5.74, 6) is 0. The van der Waals surface area contributed by atoms with Crippen molar-refractivity contribution < 1.29 is 4.92 Å². The first-order valence-corrected chi connectivity index (χ1v) is 7.11. The Morgan fingerprint density at radius 1 is 1.20 bits per heavy atom. The van der Waals surface area contributed by atoms with Gasteiger partial charge in [0.2, 0.25) is 0 Å². The fourth-order valence-corrected chi connectivity index (χ4v) is 2.38. The standard InChI is InChI=1S/C14H12BrClN2O2/c15-14-5-4-12(16)7-11(14)9-17-8-10-2-1-3-13(6-10)18(19)20/h1-7,17H,8-9H2. The van der Waals surface area contributed by atoms with Gasteiger partial charge in [-0.2, -0.15) is 0 Å². The highest BCUT2D eigenvalue weighted by molar-refractivity contribution is 9.10. The molecule has 0 aromatic heterocycles. The molecule has 104 valence electrons. The van der Waals surface area contributed by atoms with Gasteiger partial charge >= 0.3 is 0 Å². The number of nitro benzene ring substituents is 1. The second-order valence-electron chi connectivity index (χ2n) is 4.27. The lowest BCUT2D eigenvalue weighted by molar-refractivity contribution is -0.384. The van der Waals surface area contributed by atoms with Gasteiger partial charge in [0.25, 0.3) is 5.69 Å². The van der Waals surface area contributed by atoms with Gasteiger partial charge in [0.1, 0.15) is 0 Å². The summed E-state index contributed by atoms with van der Waals surface area (Å²) in [7, 11) is 0. The third-order valence-electron chi connectivity index (χ3n) is 2.77. The summed E-state index contributed by atoms with van der Waals surface area (Å²) in [4.78, 5) is 10.3. The van der Waals surface area contributed by atoms with Crippen LogP contribution < -0.4 is 5.32 Å². The smallest absolute Gasteiger partial charge is 0.269 e. The summed E-state index contributed by atoms with van der Waals surface area (Å²) < 4.78 is 0.980. The molecule has 0 aliphatic carbocycles. The first-order valence-electron chi connectivity index (χ1n) is 5.94. The van der Waals surface area contributed by atoms with E-state index in [9.17, 15) is 10.1 Å². The van der Waals surface area contributed by atoms with Gasteiger partial charge in [0.15, 0.2) is 0 Å². The Morgan fingerprint density at radius 2 is 2.00 bits per heavy atom. The lowest BCUT2D eigenvalue weighted by Crippen LogP contribution is -2.13. The van der Waals surface area contributed by atoms with Gasteiger partial charge in [-0.05, 0) is 29.3 Å². The first kappa shape index (κ1) is 15.0. The molecule has 0 aliphatic heterocycles.